The molecule has 0 aliphatic carbocycles. The minimum Gasteiger partial charge on any atom is -0.493 e. The molecule has 0 aliphatic rings. The fourth-order valence-corrected chi connectivity index (χ4v) is 0.703. The van der Waals surface area contributed by atoms with Gasteiger partial charge in [0.2, 0.25) is 11.8 Å². The molecule has 0 aliphatic heterocycles. The lowest BCUT2D eigenvalue weighted by Crippen LogP contribution is -2.02. The van der Waals surface area contributed by atoms with Crippen LogP contribution in [0.15, 0.2) is 6.33 Å². The number of carbonyl (C=O) groups is 1. The highest BCUT2D eigenvalue weighted by Gasteiger charge is 2.12. The van der Waals surface area contributed by atoms with Crippen molar-refractivity contribution < 1.29 is 20.1 Å². The number of hydrogen-bond acceptors (Lipinski definition) is 5. The third kappa shape index (κ3) is 1.60. The van der Waals surface area contributed by atoms with Gasteiger partial charge in [-0.3, -0.25) is 4.79 Å². The van der Waals surface area contributed by atoms with Crippen molar-refractivity contribution in [3.05, 3.63) is 11.9 Å². The van der Waals surface area contributed by atoms with Crippen LogP contribution in [-0.4, -0.2) is 31.3 Å². The molecule has 0 radical (unpaired) electrons. The first-order valence-electron chi connectivity index (χ1n) is 3.05. The second-order valence-electron chi connectivity index (χ2n) is 2.07. The number of carboxylic acid groups (broad SMARTS) is 1. The number of hydrogen-bond donors (Lipinski definition) is 3. The largest absolute Gasteiger partial charge is 0.493 e. The van der Waals surface area contributed by atoms with E-state index in [0.717, 1.165) is 6.33 Å². The minimum atomic E-state index is -1.17. The van der Waals surface area contributed by atoms with E-state index in [1.807, 2.05) is 0 Å². The fraction of sp³-hybridized carbons (Fsp3) is 0.167. The maximum Gasteiger partial charge on any atom is 0.308 e. The van der Waals surface area contributed by atoms with Gasteiger partial charge in [-0.2, -0.15) is 0 Å². The van der Waals surface area contributed by atoms with E-state index in [-0.39, 0.29) is 5.56 Å². The molecule has 64 valence electrons. The molecule has 6 nitrogen and oxygen atoms in total. The molecule has 1 aromatic rings. The van der Waals surface area contributed by atoms with Crippen molar-refractivity contribution in [2.45, 2.75) is 6.42 Å². The van der Waals surface area contributed by atoms with E-state index < -0.39 is 24.2 Å². The second kappa shape index (κ2) is 3.04. The van der Waals surface area contributed by atoms with E-state index in [4.69, 9.17) is 15.3 Å². The van der Waals surface area contributed by atoms with Crippen LogP contribution in [0.1, 0.15) is 5.56 Å². The van der Waals surface area contributed by atoms with Gasteiger partial charge in [0.05, 0.1) is 12.0 Å². The third-order valence-corrected chi connectivity index (χ3v) is 1.23. The molecule has 0 fully saturated rings. The van der Waals surface area contributed by atoms with Crippen LogP contribution in [0.3, 0.4) is 0 Å². The molecule has 0 saturated heterocycles. The highest BCUT2D eigenvalue weighted by Crippen LogP contribution is 2.21. The summed E-state index contributed by atoms with van der Waals surface area (Å²) in [6.45, 7) is 0. The van der Waals surface area contributed by atoms with Gasteiger partial charge in [-0.1, -0.05) is 0 Å². The summed E-state index contributed by atoms with van der Waals surface area (Å²) in [6, 6.07) is 0. The van der Waals surface area contributed by atoms with Crippen LogP contribution in [0.4, 0.5) is 0 Å². The van der Waals surface area contributed by atoms with E-state index in [1.54, 1.807) is 0 Å². The van der Waals surface area contributed by atoms with Gasteiger partial charge in [0.25, 0.3) is 0 Å². The summed E-state index contributed by atoms with van der Waals surface area (Å²) in [5.74, 6) is -2.19. The zero-order valence-electron chi connectivity index (χ0n) is 5.93. The number of aromatic hydroxyl groups is 2. The summed E-state index contributed by atoms with van der Waals surface area (Å²) in [4.78, 5) is 16.8. The van der Waals surface area contributed by atoms with Crippen LogP contribution < -0.4 is 0 Å². The first-order valence-corrected chi connectivity index (χ1v) is 3.05. The Morgan fingerprint density at radius 2 is 1.83 bits per heavy atom. The number of aromatic nitrogens is 2. The number of rotatable bonds is 2. The normalized spacial score (nSPS) is 9.67. The number of nitrogens with zero attached hydrogens (tertiary/aromatic N) is 2. The highest BCUT2D eigenvalue weighted by molar-refractivity contribution is 5.71. The van der Waals surface area contributed by atoms with Gasteiger partial charge >= 0.3 is 5.97 Å². The molecule has 1 heterocycles. The lowest BCUT2D eigenvalue weighted by Gasteiger charge is -2.00. The van der Waals surface area contributed by atoms with Gasteiger partial charge in [-0.25, -0.2) is 9.97 Å². The number of aliphatic carboxylic acids is 1. The molecule has 0 atom stereocenters. The van der Waals surface area contributed by atoms with Crippen LogP contribution in [0.5, 0.6) is 11.8 Å². The number of carboxylic acids is 1. The molecule has 0 aromatic carbocycles. The van der Waals surface area contributed by atoms with Crippen molar-refractivity contribution >= 4 is 5.97 Å². The summed E-state index contributed by atoms with van der Waals surface area (Å²) in [5, 5.41) is 26.3. The molecule has 6 heteroatoms. The average Bonchev–Trinajstić information content (AvgIpc) is 1.97. The molecule has 1 aromatic heterocycles. The molecule has 0 spiro atoms. The summed E-state index contributed by atoms with van der Waals surface area (Å²) in [5.41, 5.74) is -0.176. The van der Waals surface area contributed by atoms with E-state index in [2.05, 4.69) is 9.97 Å². The summed E-state index contributed by atoms with van der Waals surface area (Å²) < 4.78 is 0. The maximum atomic E-state index is 10.2. The molecular formula is C6H6N2O4. The van der Waals surface area contributed by atoms with Crippen LogP contribution in [-0.2, 0) is 11.2 Å². The predicted octanol–water partition coefficient (Wildman–Crippen LogP) is -0.485. The quantitative estimate of drug-likeness (QED) is 0.553. The van der Waals surface area contributed by atoms with Crippen molar-refractivity contribution in [3.63, 3.8) is 0 Å². The van der Waals surface area contributed by atoms with Crippen LogP contribution in [0.2, 0.25) is 0 Å². The SMILES string of the molecule is O=C(O)Cc1c(O)ncnc1O. The van der Waals surface area contributed by atoms with Crippen LogP contribution in [0.25, 0.3) is 0 Å². The van der Waals surface area contributed by atoms with Gasteiger partial charge < -0.3 is 15.3 Å². The Morgan fingerprint density at radius 3 is 2.25 bits per heavy atom. The minimum absolute atomic E-state index is 0.176. The van der Waals surface area contributed by atoms with Crippen LogP contribution >= 0.6 is 0 Å². The average molecular weight is 170 g/mol. The van der Waals surface area contributed by atoms with Gasteiger partial charge in [-0.05, 0) is 0 Å². The van der Waals surface area contributed by atoms with Crippen molar-refractivity contribution in [1.29, 1.82) is 0 Å². The molecule has 12 heavy (non-hydrogen) atoms. The van der Waals surface area contributed by atoms with E-state index in [0.29, 0.717) is 0 Å². The smallest absolute Gasteiger partial charge is 0.308 e. The van der Waals surface area contributed by atoms with E-state index in [1.165, 1.54) is 0 Å². The van der Waals surface area contributed by atoms with Crippen LogP contribution in [0, 0.1) is 0 Å². The first-order chi connectivity index (χ1) is 5.61. The Bertz CT molecular complexity index is 292. The van der Waals surface area contributed by atoms with Crippen molar-refractivity contribution in [1.82, 2.24) is 9.97 Å². The Morgan fingerprint density at radius 1 is 1.33 bits per heavy atom. The first kappa shape index (κ1) is 8.25. The Hall–Kier alpha value is -1.85. The van der Waals surface area contributed by atoms with E-state index in [9.17, 15) is 4.79 Å². The maximum absolute atomic E-state index is 10.2. The van der Waals surface area contributed by atoms with E-state index >= 15 is 0 Å². The summed E-state index contributed by atoms with van der Waals surface area (Å²) in [7, 11) is 0. The molecule has 0 saturated carbocycles. The molecule has 1 rings (SSSR count). The fourth-order valence-electron chi connectivity index (χ4n) is 0.703. The second-order valence-corrected chi connectivity index (χ2v) is 2.07. The van der Waals surface area contributed by atoms with Gasteiger partial charge in [0.1, 0.15) is 6.33 Å². The molecule has 0 amide bonds. The summed E-state index contributed by atoms with van der Waals surface area (Å²) in [6.07, 6.45) is 0.439. The highest BCUT2D eigenvalue weighted by atomic mass is 16.4. The molecule has 0 bridgehead atoms. The van der Waals surface area contributed by atoms with Crippen molar-refractivity contribution in [3.8, 4) is 11.8 Å². The standard InChI is InChI=1S/C6H6N2O4/c9-4(10)1-3-5(11)7-2-8-6(3)12/h2H,1H2,(H,9,10)(H2,7,8,11,12). The predicted molar refractivity (Wildman–Crippen MR) is 36.7 cm³/mol. The Labute approximate surface area is 67.1 Å². The monoisotopic (exact) mass is 170 g/mol. The third-order valence-electron chi connectivity index (χ3n) is 1.23. The topological polar surface area (TPSA) is 104 Å². The zero-order valence-corrected chi connectivity index (χ0v) is 5.93. The van der Waals surface area contributed by atoms with Crippen molar-refractivity contribution in [2.24, 2.45) is 0 Å². The lowest BCUT2D eigenvalue weighted by molar-refractivity contribution is -0.136. The molecule has 0 unspecified atom stereocenters. The molecular weight excluding hydrogens is 164 g/mol. The van der Waals surface area contributed by atoms with Gasteiger partial charge in [0, 0.05) is 0 Å². The summed E-state index contributed by atoms with van der Waals surface area (Å²) >= 11 is 0. The van der Waals surface area contributed by atoms with Crippen molar-refractivity contribution in [2.75, 3.05) is 0 Å². The van der Waals surface area contributed by atoms with Gasteiger partial charge in [0.15, 0.2) is 0 Å². The van der Waals surface area contributed by atoms with Gasteiger partial charge in [-0.15, -0.1) is 0 Å². The zero-order chi connectivity index (χ0) is 9.14. The molecule has 3 N–H and O–H groups in total. The Kier molecular flexibility index (Phi) is 2.09. The lowest BCUT2D eigenvalue weighted by atomic mass is 10.2. The Balaban J connectivity index is 3.04.